The third-order valence-corrected chi connectivity index (χ3v) is 7.98. The van der Waals surface area contributed by atoms with Crippen LogP contribution in [-0.4, -0.2) is 85.2 Å². The van der Waals surface area contributed by atoms with Crippen LogP contribution in [0.4, 0.5) is 23.7 Å². The lowest BCUT2D eigenvalue weighted by atomic mass is 9.95. The van der Waals surface area contributed by atoms with Crippen molar-refractivity contribution in [1.82, 2.24) is 14.7 Å². The Hall–Kier alpha value is -2.82. The number of hydrogen-bond donors (Lipinski definition) is 1. The number of ether oxygens (including phenoxy) is 1. The van der Waals surface area contributed by atoms with Crippen molar-refractivity contribution in [3.63, 3.8) is 0 Å². The summed E-state index contributed by atoms with van der Waals surface area (Å²) in [5, 5.41) is 2.81. The largest absolute Gasteiger partial charge is 0.416 e. The highest BCUT2D eigenvalue weighted by molar-refractivity contribution is 6.04. The van der Waals surface area contributed by atoms with E-state index in [2.05, 4.69) is 24.1 Å². The maximum atomic E-state index is 12.8. The van der Waals surface area contributed by atoms with E-state index in [0.717, 1.165) is 69.6 Å². The third kappa shape index (κ3) is 9.34. The Morgan fingerprint density at radius 3 is 2.29 bits per heavy atom. The first kappa shape index (κ1) is 33.7. The molecule has 3 amide bonds. The van der Waals surface area contributed by atoms with E-state index in [4.69, 9.17) is 4.74 Å². The summed E-state index contributed by atoms with van der Waals surface area (Å²) >= 11 is 0. The first-order valence-electron chi connectivity index (χ1n) is 14.6. The molecule has 0 aromatic heterocycles. The Bertz CT molecular complexity index is 1150. The van der Waals surface area contributed by atoms with Gasteiger partial charge in [0.25, 0.3) is 5.91 Å². The van der Waals surface area contributed by atoms with Crippen LogP contribution in [0.1, 0.15) is 54.6 Å². The fourth-order valence-electron chi connectivity index (χ4n) is 5.63. The normalized spacial score (nSPS) is 17.1. The predicted molar refractivity (Wildman–Crippen MR) is 160 cm³/mol. The molecule has 2 aliphatic heterocycles. The number of morpholine rings is 1. The quantitative estimate of drug-likeness (QED) is 0.368. The summed E-state index contributed by atoms with van der Waals surface area (Å²) in [5.74, 6) is 0.0853. The van der Waals surface area contributed by atoms with E-state index in [1.165, 1.54) is 12.1 Å². The van der Waals surface area contributed by atoms with Crippen molar-refractivity contribution in [2.75, 3.05) is 57.8 Å². The zero-order valence-electron chi connectivity index (χ0n) is 24.4. The van der Waals surface area contributed by atoms with Crippen molar-refractivity contribution in [1.29, 1.82) is 0 Å². The lowest BCUT2D eigenvalue weighted by Gasteiger charge is -2.39. The average Bonchev–Trinajstić information content (AvgIpc) is 2.97. The topological polar surface area (TPSA) is 65.1 Å². The van der Waals surface area contributed by atoms with Gasteiger partial charge in [0.2, 0.25) is 0 Å². The molecule has 11 heteroatoms. The minimum Gasteiger partial charge on any atom is -0.378 e. The molecule has 4 rings (SSSR count). The van der Waals surface area contributed by atoms with Crippen LogP contribution < -0.4 is 5.32 Å². The van der Waals surface area contributed by atoms with E-state index in [1.54, 1.807) is 6.07 Å². The average molecular weight is 611 g/mol. The van der Waals surface area contributed by atoms with Gasteiger partial charge in [-0.25, -0.2) is 4.79 Å². The Kier molecular flexibility index (Phi) is 12.5. The molecular formula is C31H42ClF3N4O3. The number of likely N-dealkylation sites (tertiary alicyclic amines) is 1. The molecule has 42 heavy (non-hydrogen) atoms. The summed E-state index contributed by atoms with van der Waals surface area (Å²) in [6.45, 7) is 10.5. The van der Waals surface area contributed by atoms with Gasteiger partial charge in [-0.15, -0.1) is 12.4 Å². The number of alkyl halides is 3. The number of piperidine rings is 1. The molecule has 0 aliphatic carbocycles. The highest BCUT2D eigenvalue weighted by atomic mass is 35.5. The minimum atomic E-state index is -4.44. The fourth-order valence-corrected chi connectivity index (χ4v) is 5.63. The summed E-state index contributed by atoms with van der Waals surface area (Å²) in [6, 6.07) is 12.3. The van der Waals surface area contributed by atoms with Crippen molar-refractivity contribution >= 4 is 30.0 Å². The SMILES string of the molecule is CCCN(CC1CCN(C(=O)N2CCOCC2)CC1)C(C)Cc1cccc(NC(=O)c2ccc(C(F)(F)F)cc2)c1.Cl. The zero-order valence-corrected chi connectivity index (χ0v) is 25.2. The number of nitrogens with zero attached hydrogens (tertiary/aromatic N) is 3. The van der Waals surface area contributed by atoms with Crippen LogP contribution in [0.2, 0.25) is 0 Å². The van der Waals surface area contributed by atoms with E-state index in [9.17, 15) is 22.8 Å². The van der Waals surface area contributed by atoms with Crippen molar-refractivity contribution in [2.24, 2.45) is 5.92 Å². The lowest BCUT2D eigenvalue weighted by molar-refractivity contribution is -0.137. The van der Waals surface area contributed by atoms with Crippen molar-refractivity contribution in [3.05, 3.63) is 65.2 Å². The number of carbonyl (C=O) groups excluding carboxylic acids is 2. The van der Waals surface area contributed by atoms with Crippen LogP contribution in [0.3, 0.4) is 0 Å². The number of carbonyl (C=O) groups is 2. The Morgan fingerprint density at radius 2 is 1.67 bits per heavy atom. The smallest absolute Gasteiger partial charge is 0.378 e. The number of nitrogens with one attached hydrogen (secondary N) is 1. The van der Waals surface area contributed by atoms with Crippen LogP contribution in [0, 0.1) is 5.92 Å². The van der Waals surface area contributed by atoms with Gasteiger partial charge in [0, 0.05) is 50.0 Å². The zero-order chi connectivity index (χ0) is 29.4. The number of anilines is 1. The van der Waals surface area contributed by atoms with Gasteiger partial charge in [0.15, 0.2) is 0 Å². The molecule has 2 aliphatic rings. The summed E-state index contributed by atoms with van der Waals surface area (Å²) < 4.78 is 43.9. The molecule has 1 unspecified atom stereocenters. The lowest BCUT2D eigenvalue weighted by Crippen LogP contribution is -2.51. The second-order valence-corrected chi connectivity index (χ2v) is 11.1. The van der Waals surface area contributed by atoms with Crippen molar-refractivity contribution in [3.8, 4) is 0 Å². The number of halogens is 4. The molecule has 0 saturated carbocycles. The van der Waals surface area contributed by atoms with Gasteiger partial charge in [0.05, 0.1) is 18.8 Å². The third-order valence-electron chi connectivity index (χ3n) is 7.98. The number of hydrogen-bond acceptors (Lipinski definition) is 4. The van der Waals surface area contributed by atoms with Gasteiger partial charge in [-0.2, -0.15) is 13.2 Å². The minimum absolute atomic E-state index is 0. The van der Waals surface area contributed by atoms with E-state index in [1.807, 2.05) is 28.0 Å². The fraction of sp³-hybridized carbons (Fsp3) is 0.548. The number of urea groups is 1. The van der Waals surface area contributed by atoms with Gasteiger partial charge in [-0.05, 0) is 87.0 Å². The van der Waals surface area contributed by atoms with Gasteiger partial charge < -0.3 is 24.8 Å². The summed E-state index contributed by atoms with van der Waals surface area (Å²) in [4.78, 5) is 31.9. The molecule has 1 atom stereocenters. The Morgan fingerprint density at radius 1 is 1.02 bits per heavy atom. The number of amides is 3. The van der Waals surface area contributed by atoms with Crippen molar-refractivity contribution < 1.29 is 27.5 Å². The summed E-state index contributed by atoms with van der Waals surface area (Å²) in [5.41, 5.74) is 1.07. The van der Waals surface area contributed by atoms with Gasteiger partial charge in [-0.1, -0.05) is 19.1 Å². The van der Waals surface area contributed by atoms with E-state index >= 15 is 0 Å². The van der Waals surface area contributed by atoms with Crippen LogP contribution >= 0.6 is 12.4 Å². The van der Waals surface area contributed by atoms with E-state index in [0.29, 0.717) is 37.9 Å². The molecule has 7 nitrogen and oxygen atoms in total. The molecule has 2 aromatic rings. The van der Waals surface area contributed by atoms with Crippen molar-refractivity contribution in [2.45, 2.75) is 51.7 Å². The standard InChI is InChI=1S/C31H41F3N4O3.ClH/c1-3-13-38(22-24-11-14-36(15-12-24)30(40)37-16-18-41-19-17-37)23(2)20-25-5-4-6-28(21-25)35-29(39)26-7-9-27(10-8-26)31(32,33)34;/h4-10,21,23-24H,3,11-20,22H2,1-2H3,(H,35,39);1H. The Labute approximate surface area is 252 Å². The first-order chi connectivity index (χ1) is 19.6. The van der Waals surface area contributed by atoms with E-state index < -0.39 is 17.6 Å². The van der Waals surface area contributed by atoms with E-state index in [-0.39, 0.29) is 30.0 Å². The molecule has 2 fully saturated rings. The maximum absolute atomic E-state index is 12.8. The van der Waals surface area contributed by atoms with Gasteiger partial charge in [-0.3, -0.25) is 4.79 Å². The van der Waals surface area contributed by atoms with Crippen LogP contribution in [0.5, 0.6) is 0 Å². The molecule has 0 radical (unpaired) electrons. The molecule has 2 heterocycles. The second-order valence-electron chi connectivity index (χ2n) is 11.1. The molecular weight excluding hydrogens is 569 g/mol. The molecule has 232 valence electrons. The second kappa shape index (κ2) is 15.6. The molecule has 0 bridgehead atoms. The molecule has 2 saturated heterocycles. The van der Waals surface area contributed by atoms with Gasteiger partial charge >= 0.3 is 12.2 Å². The number of rotatable bonds is 9. The highest BCUT2D eigenvalue weighted by Crippen LogP contribution is 2.29. The van der Waals surface area contributed by atoms with Crippen LogP contribution in [0.25, 0.3) is 0 Å². The van der Waals surface area contributed by atoms with Crippen LogP contribution in [0.15, 0.2) is 48.5 Å². The molecule has 1 N–H and O–H groups in total. The monoisotopic (exact) mass is 610 g/mol. The van der Waals surface area contributed by atoms with Gasteiger partial charge in [0.1, 0.15) is 0 Å². The molecule has 0 spiro atoms. The summed E-state index contributed by atoms with van der Waals surface area (Å²) in [6.07, 6.45) is -0.603. The molecule has 2 aromatic carbocycles. The van der Waals surface area contributed by atoms with Crippen LogP contribution in [-0.2, 0) is 17.3 Å². The Balaban J connectivity index is 0.00000484. The predicted octanol–water partition coefficient (Wildman–Crippen LogP) is 6.19. The highest BCUT2D eigenvalue weighted by Gasteiger charge is 2.31. The first-order valence-corrected chi connectivity index (χ1v) is 14.6. The maximum Gasteiger partial charge on any atom is 0.416 e. The number of benzene rings is 2. The summed E-state index contributed by atoms with van der Waals surface area (Å²) in [7, 11) is 0.